The van der Waals surface area contributed by atoms with Crippen LogP contribution in [0.2, 0.25) is 0 Å². The Hall–Kier alpha value is -1.37. The van der Waals surface area contributed by atoms with Crippen molar-refractivity contribution in [2.24, 2.45) is 11.6 Å². The molecule has 88 valence electrons. The zero-order valence-corrected chi connectivity index (χ0v) is 9.78. The van der Waals surface area contributed by atoms with Gasteiger partial charge in [-0.1, -0.05) is 6.92 Å². The van der Waals surface area contributed by atoms with E-state index in [1.807, 2.05) is 6.92 Å². The standard InChI is InChI=1S/C10H15N3O2S/c1-2-8(11)7-13(12)9-3-5-10(6-4-9)16(14)15/h3-7H,2,11-12H2,1H3,(H,14,15)/b8-7-. The molecule has 1 unspecified atom stereocenters. The fourth-order valence-corrected chi connectivity index (χ4v) is 1.45. The number of hydrazine groups is 1. The van der Waals surface area contributed by atoms with Crippen LogP contribution in [0.25, 0.3) is 0 Å². The SMILES string of the molecule is CC/C(N)=C/N(N)c1ccc(S(=O)O)cc1. The Morgan fingerprint density at radius 2 is 2.06 bits per heavy atom. The minimum atomic E-state index is -1.96. The van der Waals surface area contributed by atoms with Gasteiger partial charge in [-0.25, -0.2) is 10.1 Å². The van der Waals surface area contributed by atoms with Crippen molar-refractivity contribution in [3.63, 3.8) is 0 Å². The molecule has 1 atom stereocenters. The molecule has 0 spiro atoms. The normalized spacial score (nSPS) is 13.6. The monoisotopic (exact) mass is 241 g/mol. The van der Waals surface area contributed by atoms with Gasteiger partial charge in [-0.3, -0.25) is 5.01 Å². The van der Waals surface area contributed by atoms with Gasteiger partial charge in [-0.05, 0) is 30.7 Å². The highest BCUT2D eigenvalue weighted by atomic mass is 32.2. The van der Waals surface area contributed by atoms with Crippen LogP contribution in [0.5, 0.6) is 0 Å². The molecular formula is C10H15N3O2S. The average molecular weight is 241 g/mol. The first kappa shape index (κ1) is 12.7. The quantitative estimate of drug-likeness (QED) is 0.418. The molecule has 0 bridgehead atoms. The lowest BCUT2D eigenvalue weighted by Gasteiger charge is -2.14. The van der Waals surface area contributed by atoms with Gasteiger partial charge < -0.3 is 10.3 Å². The van der Waals surface area contributed by atoms with Gasteiger partial charge in [0, 0.05) is 11.9 Å². The zero-order valence-electron chi connectivity index (χ0n) is 8.96. The molecule has 1 rings (SSSR count). The molecule has 0 aliphatic rings. The third-order valence-corrected chi connectivity index (χ3v) is 2.73. The highest BCUT2D eigenvalue weighted by Gasteiger charge is 2.02. The number of hydrogen-bond acceptors (Lipinski definition) is 4. The summed E-state index contributed by atoms with van der Waals surface area (Å²) in [4.78, 5) is 0.338. The van der Waals surface area contributed by atoms with Crippen LogP contribution < -0.4 is 16.6 Å². The van der Waals surface area contributed by atoms with Crippen LogP contribution in [0.3, 0.4) is 0 Å². The minimum Gasteiger partial charge on any atom is -0.401 e. The molecule has 0 saturated heterocycles. The van der Waals surface area contributed by atoms with Crippen molar-refractivity contribution in [1.29, 1.82) is 0 Å². The Morgan fingerprint density at radius 3 is 2.50 bits per heavy atom. The lowest BCUT2D eigenvalue weighted by Crippen LogP contribution is -2.25. The first-order valence-corrected chi connectivity index (χ1v) is 5.86. The third kappa shape index (κ3) is 3.34. The second-order valence-corrected chi connectivity index (χ2v) is 4.18. The van der Waals surface area contributed by atoms with E-state index >= 15 is 0 Å². The Labute approximate surface area is 97.0 Å². The summed E-state index contributed by atoms with van der Waals surface area (Å²) in [5.41, 5.74) is 7.00. The van der Waals surface area contributed by atoms with Crippen LogP contribution in [0.15, 0.2) is 41.1 Å². The van der Waals surface area contributed by atoms with Gasteiger partial charge in [0.1, 0.15) is 0 Å². The summed E-state index contributed by atoms with van der Waals surface area (Å²) in [6, 6.07) is 6.40. The van der Waals surface area contributed by atoms with E-state index in [0.29, 0.717) is 22.7 Å². The second-order valence-electron chi connectivity index (χ2n) is 3.21. The van der Waals surface area contributed by atoms with Gasteiger partial charge in [0.05, 0.1) is 10.6 Å². The maximum absolute atomic E-state index is 10.7. The number of nitrogens with zero attached hydrogens (tertiary/aromatic N) is 1. The molecule has 0 heterocycles. The first-order valence-electron chi connectivity index (χ1n) is 4.75. The maximum atomic E-state index is 10.7. The molecule has 6 heteroatoms. The summed E-state index contributed by atoms with van der Waals surface area (Å²) in [6.07, 6.45) is 2.33. The molecule has 5 nitrogen and oxygen atoms in total. The van der Waals surface area contributed by atoms with Gasteiger partial charge >= 0.3 is 0 Å². The summed E-state index contributed by atoms with van der Waals surface area (Å²) in [7, 11) is 0. The lowest BCUT2D eigenvalue weighted by atomic mass is 10.3. The largest absolute Gasteiger partial charge is 0.401 e. The van der Waals surface area contributed by atoms with Gasteiger partial charge in [0.25, 0.3) is 0 Å². The third-order valence-electron chi connectivity index (χ3n) is 2.05. The van der Waals surface area contributed by atoms with Crippen LogP contribution in [-0.2, 0) is 11.1 Å². The predicted octanol–water partition coefficient (Wildman–Crippen LogP) is 1.16. The maximum Gasteiger partial charge on any atom is 0.186 e. The van der Waals surface area contributed by atoms with Crippen molar-refractivity contribution in [2.45, 2.75) is 18.2 Å². The molecule has 0 radical (unpaired) electrons. The van der Waals surface area contributed by atoms with Crippen molar-refractivity contribution in [3.05, 3.63) is 36.2 Å². The van der Waals surface area contributed by atoms with E-state index in [4.69, 9.17) is 16.1 Å². The van der Waals surface area contributed by atoms with Crippen molar-refractivity contribution in [3.8, 4) is 0 Å². The van der Waals surface area contributed by atoms with E-state index in [9.17, 15) is 4.21 Å². The van der Waals surface area contributed by atoms with E-state index in [-0.39, 0.29) is 0 Å². The van der Waals surface area contributed by atoms with E-state index in [1.54, 1.807) is 30.5 Å². The molecule has 0 aliphatic carbocycles. The van der Waals surface area contributed by atoms with E-state index < -0.39 is 11.1 Å². The summed E-state index contributed by atoms with van der Waals surface area (Å²) in [5, 5.41) is 1.38. The summed E-state index contributed by atoms with van der Waals surface area (Å²) < 4.78 is 19.6. The molecule has 5 N–H and O–H groups in total. The highest BCUT2D eigenvalue weighted by Crippen LogP contribution is 2.15. The van der Waals surface area contributed by atoms with Crippen LogP contribution in [-0.4, -0.2) is 8.76 Å². The van der Waals surface area contributed by atoms with E-state index in [2.05, 4.69) is 0 Å². The molecular weight excluding hydrogens is 226 g/mol. The van der Waals surface area contributed by atoms with Crippen molar-refractivity contribution in [2.75, 3.05) is 5.01 Å². The number of rotatable bonds is 4. The van der Waals surface area contributed by atoms with Crippen LogP contribution in [0.1, 0.15) is 13.3 Å². The summed E-state index contributed by atoms with van der Waals surface area (Å²) in [5.74, 6) is 5.74. The number of allylic oxidation sites excluding steroid dienone is 1. The van der Waals surface area contributed by atoms with Crippen molar-refractivity contribution >= 4 is 16.8 Å². The highest BCUT2D eigenvalue weighted by molar-refractivity contribution is 7.79. The smallest absolute Gasteiger partial charge is 0.186 e. The number of anilines is 1. The Morgan fingerprint density at radius 1 is 1.50 bits per heavy atom. The second kappa shape index (κ2) is 5.64. The minimum absolute atomic E-state index is 0.338. The Kier molecular flexibility index (Phi) is 4.48. The van der Waals surface area contributed by atoms with Crippen LogP contribution in [0, 0.1) is 0 Å². The predicted molar refractivity (Wildman–Crippen MR) is 64.7 cm³/mol. The Balaban J connectivity index is 2.85. The van der Waals surface area contributed by atoms with Crippen molar-refractivity contribution < 1.29 is 8.76 Å². The molecule has 1 aromatic rings. The van der Waals surface area contributed by atoms with E-state index in [0.717, 1.165) is 0 Å². The van der Waals surface area contributed by atoms with Gasteiger partial charge in [0.2, 0.25) is 0 Å². The zero-order chi connectivity index (χ0) is 12.1. The van der Waals surface area contributed by atoms with Crippen LogP contribution >= 0.6 is 0 Å². The topological polar surface area (TPSA) is 92.6 Å². The number of nitrogens with two attached hydrogens (primary N) is 2. The molecule has 1 aromatic carbocycles. The molecule has 0 amide bonds. The molecule has 16 heavy (non-hydrogen) atoms. The van der Waals surface area contributed by atoms with Crippen LogP contribution in [0.4, 0.5) is 5.69 Å². The molecule has 0 aromatic heterocycles. The summed E-state index contributed by atoms with van der Waals surface area (Å²) >= 11 is -1.96. The molecule has 0 aliphatic heterocycles. The first-order chi connectivity index (χ1) is 7.54. The van der Waals surface area contributed by atoms with Gasteiger partial charge in [-0.2, -0.15) is 0 Å². The van der Waals surface area contributed by atoms with Crippen molar-refractivity contribution in [1.82, 2.24) is 0 Å². The number of hydrogen-bond donors (Lipinski definition) is 3. The molecule has 0 fully saturated rings. The Bertz CT molecular complexity index is 403. The van der Waals surface area contributed by atoms with Gasteiger partial charge in [-0.15, -0.1) is 0 Å². The summed E-state index contributed by atoms with van der Waals surface area (Å²) in [6.45, 7) is 1.93. The fourth-order valence-electron chi connectivity index (χ4n) is 1.08. The fraction of sp³-hybridized carbons (Fsp3) is 0.200. The number of benzene rings is 1. The van der Waals surface area contributed by atoms with Gasteiger partial charge in [0.15, 0.2) is 11.1 Å². The molecule has 0 saturated carbocycles. The average Bonchev–Trinajstić information content (AvgIpc) is 2.28. The van der Waals surface area contributed by atoms with E-state index in [1.165, 1.54) is 5.01 Å². The lowest BCUT2D eigenvalue weighted by molar-refractivity contribution is 0.564.